The summed E-state index contributed by atoms with van der Waals surface area (Å²) in [4.78, 5) is 41.0. The number of hydrogen-bond acceptors (Lipinski definition) is 4. The number of amides is 3. The summed E-state index contributed by atoms with van der Waals surface area (Å²) in [6, 6.07) is 19.4. The number of rotatable bonds is 8. The van der Waals surface area contributed by atoms with Crippen LogP contribution >= 0.6 is 0 Å². The van der Waals surface area contributed by atoms with Gasteiger partial charge in [0.15, 0.2) is 11.3 Å². The number of hydrogen-bond donors (Lipinski definition) is 1. The molecule has 170 valence electrons. The third-order valence-electron chi connectivity index (χ3n) is 6.21. The molecule has 7 heteroatoms. The number of ketones is 1. The van der Waals surface area contributed by atoms with Crippen molar-refractivity contribution in [3.05, 3.63) is 94.8 Å². The number of aromatic nitrogens is 1. The molecule has 1 saturated heterocycles. The van der Waals surface area contributed by atoms with Gasteiger partial charge in [0.2, 0.25) is 0 Å². The highest BCUT2D eigenvalue weighted by atomic mass is 16.5. The molecule has 0 unspecified atom stereocenters. The molecule has 3 aromatic rings. The normalized spacial score (nSPS) is 15.1. The van der Waals surface area contributed by atoms with Gasteiger partial charge in [0, 0.05) is 30.6 Å². The van der Waals surface area contributed by atoms with Crippen LogP contribution in [0.4, 0.5) is 4.79 Å². The van der Waals surface area contributed by atoms with E-state index in [0.717, 1.165) is 16.3 Å². The molecule has 2 aromatic carbocycles. The van der Waals surface area contributed by atoms with E-state index in [0.29, 0.717) is 29.8 Å². The summed E-state index contributed by atoms with van der Waals surface area (Å²) < 4.78 is 7.16. The standard InChI is InChI=1S/C26H27N3O4/c1-18-16-22(19(2)28(18)14-15-33-3)23(30)17-29-24(31)26(27-25(29)32,20-10-6-4-7-11-20)21-12-8-5-9-13-21/h4-13,16H,14-15,17H2,1-3H3,(H,27,32). The van der Waals surface area contributed by atoms with Gasteiger partial charge >= 0.3 is 6.03 Å². The van der Waals surface area contributed by atoms with E-state index in [1.165, 1.54) is 0 Å². The number of carbonyl (C=O) groups excluding carboxylic acids is 3. The Balaban J connectivity index is 1.68. The van der Waals surface area contributed by atoms with Crippen molar-refractivity contribution >= 4 is 17.7 Å². The summed E-state index contributed by atoms with van der Waals surface area (Å²) in [6.07, 6.45) is 0. The van der Waals surface area contributed by atoms with Gasteiger partial charge in [-0.25, -0.2) is 4.79 Å². The Kier molecular flexibility index (Phi) is 6.16. The van der Waals surface area contributed by atoms with Crippen molar-refractivity contribution in [1.29, 1.82) is 0 Å². The smallest absolute Gasteiger partial charge is 0.325 e. The molecule has 1 aromatic heterocycles. The highest BCUT2D eigenvalue weighted by Crippen LogP contribution is 2.36. The van der Waals surface area contributed by atoms with Crippen molar-refractivity contribution in [3.8, 4) is 0 Å². The summed E-state index contributed by atoms with van der Waals surface area (Å²) in [5, 5.41) is 2.88. The highest BCUT2D eigenvalue weighted by molar-refractivity contribution is 6.13. The maximum absolute atomic E-state index is 13.8. The first-order chi connectivity index (χ1) is 15.9. The number of imide groups is 1. The van der Waals surface area contributed by atoms with E-state index in [9.17, 15) is 14.4 Å². The van der Waals surface area contributed by atoms with Gasteiger partial charge in [-0.2, -0.15) is 0 Å². The summed E-state index contributed by atoms with van der Waals surface area (Å²) in [6.45, 7) is 4.59. The molecule has 2 heterocycles. The van der Waals surface area contributed by atoms with Gasteiger partial charge in [-0.1, -0.05) is 60.7 Å². The van der Waals surface area contributed by atoms with Crippen LogP contribution in [-0.4, -0.2) is 47.4 Å². The quantitative estimate of drug-likeness (QED) is 0.426. The predicted molar refractivity (Wildman–Crippen MR) is 124 cm³/mol. The fourth-order valence-corrected chi connectivity index (χ4v) is 4.49. The van der Waals surface area contributed by atoms with E-state index < -0.39 is 17.5 Å². The summed E-state index contributed by atoms with van der Waals surface area (Å²) in [7, 11) is 1.63. The van der Waals surface area contributed by atoms with Crippen LogP contribution in [0.15, 0.2) is 66.7 Å². The average molecular weight is 446 g/mol. The van der Waals surface area contributed by atoms with Crippen molar-refractivity contribution in [2.75, 3.05) is 20.3 Å². The second kappa shape index (κ2) is 9.03. The van der Waals surface area contributed by atoms with Gasteiger partial charge < -0.3 is 14.6 Å². The zero-order valence-electron chi connectivity index (χ0n) is 19.0. The van der Waals surface area contributed by atoms with Crippen molar-refractivity contribution in [2.45, 2.75) is 25.9 Å². The van der Waals surface area contributed by atoms with Crippen LogP contribution in [-0.2, 0) is 21.6 Å². The lowest BCUT2D eigenvalue weighted by molar-refractivity contribution is -0.129. The first kappa shape index (κ1) is 22.5. The molecular weight excluding hydrogens is 418 g/mol. The van der Waals surface area contributed by atoms with Gasteiger partial charge in [0.1, 0.15) is 0 Å². The van der Waals surface area contributed by atoms with Crippen LogP contribution in [0.2, 0.25) is 0 Å². The Morgan fingerprint density at radius 2 is 1.55 bits per heavy atom. The highest BCUT2D eigenvalue weighted by Gasteiger charge is 2.54. The first-order valence-electron chi connectivity index (χ1n) is 10.8. The van der Waals surface area contributed by atoms with E-state index in [1.54, 1.807) is 37.4 Å². The molecule has 7 nitrogen and oxygen atoms in total. The minimum absolute atomic E-state index is 0.285. The van der Waals surface area contributed by atoms with Crippen LogP contribution in [0, 0.1) is 13.8 Å². The largest absolute Gasteiger partial charge is 0.383 e. The minimum Gasteiger partial charge on any atom is -0.383 e. The SMILES string of the molecule is COCCn1c(C)cc(C(=O)CN2C(=O)NC(c3ccccc3)(c3ccccc3)C2=O)c1C. The fourth-order valence-electron chi connectivity index (χ4n) is 4.49. The van der Waals surface area contributed by atoms with Crippen molar-refractivity contribution in [3.63, 3.8) is 0 Å². The molecule has 1 fully saturated rings. The Bertz CT molecular complexity index is 1150. The number of benzene rings is 2. The molecule has 0 bridgehead atoms. The second-order valence-electron chi connectivity index (χ2n) is 8.16. The van der Waals surface area contributed by atoms with Crippen molar-refractivity contribution in [2.24, 2.45) is 0 Å². The monoisotopic (exact) mass is 445 g/mol. The molecule has 3 amide bonds. The lowest BCUT2D eigenvalue weighted by Crippen LogP contribution is -2.45. The third kappa shape index (κ3) is 3.85. The Morgan fingerprint density at radius 1 is 0.970 bits per heavy atom. The summed E-state index contributed by atoms with van der Waals surface area (Å²) >= 11 is 0. The Labute approximate surface area is 193 Å². The zero-order valence-corrected chi connectivity index (χ0v) is 19.0. The number of ether oxygens (including phenoxy) is 1. The van der Waals surface area contributed by atoms with Crippen LogP contribution in [0.25, 0.3) is 0 Å². The lowest BCUT2D eigenvalue weighted by atomic mass is 9.82. The van der Waals surface area contributed by atoms with E-state index >= 15 is 0 Å². The van der Waals surface area contributed by atoms with Crippen LogP contribution in [0.3, 0.4) is 0 Å². The molecule has 0 atom stereocenters. The van der Waals surface area contributed by atoms with Gasteiger partial charge in [0.25, 0.3) is 5.91 Å². The third-order valence-corrected chi connectivity index (χ3v) is 6.21. The van der Waals surface area contributed by atoms with Gasteiger partial charge in [-0.05, 0) is 31.0 Å². The fraction of sp³-hybridized carbons (Fsp3) is 0.269. The molecule has 0 aliphatic carbocycles. The van der Waals surface area contributed by atoms with Crippen molar-refractivity contribution in [1.82, 2.24) is 14.8 Å². The summed E-state index contributed by atoms with van der Waals surface area (Å²) in [5.41, 5.74) is 2.12. The molecule has 1 aliphatic heterocycles. The van der Waals surface area contributed by atoms with Crippen LogP contribution in [0.5, 0.6) is 0 Å². The molecule has 4 rings (SSSR count). The molecule has 0 saturated carbocycles. The van der Waals surface area contributed by atoms with Crippen LogP contribution < -0.4 is 5.32 Å². The van der Waals surface area contributed by atoms with Gasteiger partial charge in [-0.3, -0.25) is 14.5 Å². The molecular formula is C26H27N3O4. The predicted octanol–water partition coefficient (Wildman–Crippen LogP) is 3.43. The van der Waals surface area contributed by atoms with Crippen molar-refractivity contribution < 1.29 is 19.1 Å². The minimum atomic E-state index is -1.38. The number of urea groups is 1. The number of carbonyl (C=O) groups is 3. The lowest BCUT2D eigenvalue weighted by Gasteiger charge is -2.28. The summed E-state index contributed by atoms with van der Waals surface area (Å²) in [5.74, 6) is -0.751. The maximum atomic E-state index is 13.8. The first-order valence-corrected chi connectivity index (χ1v) is 10.8. The maximum Gasteiger partial charge on any atom is 0.325 e. The topological polar surface area (TPSA) is 80.6 Å². The van der Waals surface area contributed by atoms with Gasteiger partial charge in [0.05, 0.1) is 13.2 Å². The molecule has 0 radical (unpaired) electrons. The number of nitrogens with zero attached hydrogens (tertiary/aromatic N) is 2. The molecule has 33 heavy (non-hydrogen) atoms. The van der Waals surface area contributed by atoms with Gasteiger partial charge in [-0.15, -0.1) is 0 Å². The second-order valence-corrected chi connectivity index (χ2v) is 8.16. The Morgan fingerprint density at radius 3 is 2.09 bits per heavy atom. The number of methoxy groups -OCH3 is 1. The average Bonchev–Trinajstić information content (AvgIpc) is 3.26. The van der Waals surface area contributed by atoms with E-state index in [-0.39, 0.29) is 12.3 Å². The molecule has 0 spiro atoms. The number of nitrogens with one attached hydrogen (secondary N) is 1. The van der Waals surface area contributed by atoms with Crippen LogP contribution in [0.1, 0.15) is 32.9 Å². The zero-order chi connectivity index (χ0) is 23.6. The number of Topliss-reactive ketones (excluding diaryl/α,β-unsaturated/α-hetero) is 1. The van der Waals surface area contributed by atoms with E-state index in [2.05, 4.69) is 5.32 Å². The molecule has 1 N–H and O–H groups in total. The molecule has 1 aliphatic rings. The number of aryl methyl sites for hydroxylation is 1. The Hall–Kier alpha value is -3.71. The van der Waals surface area contributed by atoms with E-state index in [1.807, 2.05) is 54.8 Å². The van der Waals surface area contributed by atoms with E-state index in [4.69, 9.17) is 4.74 Å².